The van der Waals surface area contributed by atoms with Crippen molar-refractivity contribution < 1.29 is 42.4 Å². The van der Waals surface area contributed by atoms with Crippen molar-refractivity contribution in [1.29, 1.82) is 0 Å². The van der Waals surface area contributed by atoms with Crippen LogP contribution < -0.4 is 31.4 Å². The first-order chi connectivity index (χ1) is 22.7. The summed E-state index contributed by atoms with van der Waals surface area (Å²) in [5, 5.41) is 15.6. The van der Waals surface area contributed by atoms with Crippen molar-refractivity contribution >= 4 is 28.7 Å². The first-order valence-electron chi connectivity index (χ1n) is 16.4. The van der Waals surface area contributed by atoms with E-state index in [0.717, 1.165) is 44.8 Å². The van der Waals surface area contributed by atoms with E-state index < -0.39 is 46.1 Å². The maximum atomic E-state index is 15.4. The molecule has 0 bridgehead atoms. The van der Waals surface area contributed by atoms with Crippen molar-refractivity contribution in [3.63, 3.8) is 0 Å². The smallest absolute Gasteiger partial charge is 0.408 e. The van der Waals surface area contributed by atoms with Crippen LogP contribution in [0.15, 0.2) is 17.1 Å². The Morgan fingerprint density at radius 3 is 2.50 bits per heavy atom. The summed E-state index contributed by atoms with van der Waals surface area (Å²) in [4.78, 5) is 38.0. The van der Waals surface area contributed by atoms with Crippen molar-refractivity contribution in [2.45, 2.75) is 68.9 Å². The standard InChI is InChI=1S/C21H23F2N3O5.C12H22N2O3/c1-30-19-16-11(18(27)12(20(28)29)7-26(16)15-5-13(15)22)4-14(23)17(19)25-6-10-2-3-31-9-21(10,24)8-25;1-11(2,3)17-10(15)14-12-7-13-6-9(12)4-5-16-8-12/h4,7,10,13,15H,2-3,5-6,8-9,24H2,1H3,(H,28,29);9,13H,4-8H2,1-3H3,(H,14,15)/t10-,13-,15+,21-;9-,12-/m00/s1. The molecule has 4 aliphatic heterocycles. The molecule has 13 nitrogen and oxygen atoms in total. The average Bonchev–Trinajstić information content (AvgIpc) is 3.42. The number of alkyl carbamates (subject to hydrolysis) is 1. The third-order valence-corrected chi connectivity index (χ3v) is 10.0. The molecule has 1 saturated carbocycles. The van der Waals surface area contributed by atoms with E-state index in [1.807, 2.05) is 20.8 Å². The Morgan fingerprint density at radius 2 is 1.88 bits per heavy atom. The molecule has 1 aromatic heterocycles. The molecule has 5 aliphatic rings. The number of ether oxygens (including phenoxy) is 4. The van der Waals surface area contributed by atoms with Crippen LogP contribution in [0, 0.1) is 17.7 Å². The van der Waals surface area contributed by atoms with E-state index in [0.29, 0.717) is 38.8 Å². The number of aromatic carboxylic acids is 1. The summed E-state index contributed by atoms with van der Waals surface area (Å²) >= 11 is 0. The fourth-order valence-corrected chi connectivity index (χ4v) is 7.51. The number of methoxy groups -OCH3 is 1. The van der Waals surface area contributed by atoms with Crippen LogP contribution in [0.5, 0.6) is 5.75 Å². The summed E-state index contributed by atoms with van der Waals surface area (Å²) in [5.41, 5.74) is 4.12. The number of nitrogens with one attached hydrogen (secondary N) is 2. The number of anilines is 1. The molecule has 15 heteroatoms. The van der Waals surface area contributed by atoms with Crippen molar-refractivity contribution in [2.75, 3.05) is 64.6 Å². The van der Waals surface area contributed by atoms with Crippen LogP contribution in [-0.4, -0.2) is 104 Å². The maximum absolute atomic E-state index is 15.4. The van der Waals surface area contributed by atoms with Gasteiger partial charge in [-0.1, -0.05) is 0 Å². The molecule has 48 heavy (non-hydrogen) atoms. The number of nitrogens with zero attached hydrogens (tertiary/aromatic N) is 2. The first kappa shape index (κ1) is 34.3. The van der Waals surface area contributed by atoms with Gasteiger partial charge in [-0.25, -0.2) is 18.4 Å². The number of aromatic nitrogens is 1. The van der Waals surface area contributed by atoms with Gasteiger partial charge in [-0.3, -0.25) is 4.79 Å². The third-order valence-electron chi connectivity index (χ3n) is 10.0. The van der Waals surface area contributed by atoms with Gasteiger partial charge in [0.1, 0.15) is 23.0 Å². The Bertz CT molecular complexity index is 1650. The van der Waals surface area contributed by atoms with E-state index in [-0.39, 0.29) is 46.3 Å². The number of alkyl halides is 1. The van der Waals surface area contributed by atoms with Crippen LogP contribution in [0.25, 0.3) is 10.9 Å². The van der Waals surface area contributed by atoms with Gasteiger partial charge in [-0.2, -0.15) is 0 Å². The number of carbonyl (C=O) groups excluding carboxylic acids is 1. The molecule has 5 N–H and O–H groups in total. The van der Waals surface area contributed by atoms with E-state index in [9.17, 15) is 23.9 Å². The van der Waals surface area contributed by atoms with Gasteiger partial charge >= 0.3 is 12.1 Å². The second-order valence-corrected chi connectivity index (χ2v) is 14.6. The van der Waals surface area contributed by atoms with Crippen molar-refractivity contribution in [2.24, 2.45) is 17.6 Å². The molecule has 1 amide bonds. The molecule has 0 radical (unpaired) electrons. The van der Waals surface area contributed by atoms with Crippen molar-refractivity contribution in [3.05, 3.63) is 33.9 Å². The molecule has 0 spiro atoms. The number of hydrogen-bond acceptors (Lipinski definition) is 10. The zero-order valence-corrected chi connectivity index (χ0v) is 27.8. The molecular weight excluding hydrogens is 632 g/mol. The molecule has 1 aliphatic carbocycles. The van der Waals surface area contributed by atoms with E-state index in [1.165, 1.54) is 11.7 Å². The normalized spacial score (nSPS) is 30.9. The van der Waals surface area contributed by atoms with Crippen LogP contribution in [0.3, 0.4) is 0 Å². The first-order valence-corrected chi connectivity index (χ1v) is 16.4. The highest BCUT2D eigenvalue weighted by molar-refractivity contribution is 5.97. The Hall–Kier alpha value is -3.53. The lowest BCUT2D eigenvalue weighted by Crippen LogP contribution is -2.60. The molecule has 0 unspecified atom stereocenters. The molecule has 5 fully saturated rings. The predicted molar refractivity (Wildman–Crippen MR) is 172 cm³/mol. The van der Waals surface area contributed by atoms with E-state index in [1.54, 1.807) is 4.90 Å². The quantitative estimate of drug-likeness (QED) is 0.368. The molecule has 7 rings (SSSR count). The van der Waals surface area contributed by atoms with Gasteiger partial charge in [0.15, 0.2) is 11.6 Å². The SMILES string of the molecule is CC(C)(C)OC(=O)N[C@]12CNC[C@@H]1CCOC2.COc1c(N2C[C@@H]3CCOC[C@@]3(N)C2)c(F)cc2c(=O)c(C(=O)O)cn([C@@H]3C[C@@H]3F)c12. The van der Waals surface area contributed by atoms with Crippen LogP contribution in [-0.2, 0) is 14.2 Å². The fourth-order valence-electron chi connectivity index (χ4n) is 7.51. The number of nitrogens with two attached hydrogens (primary N) is 1. The van der Waals surface area contributed by atoms with Crippen LogP contribution in [0.1, 0.15) is 56.4 Å². The Morgan fingerprint density at radius 1 is 1.19 bits per heavy atom. The molecular formula is C33H45F2N5O8. The summed E-state index contributed by atoms with van der Waals surface area (Å²) in [6.07, 6.45) is 1.53. The molecule has 264 valence electrons. The molecule has 4 saturated heterocycles. The Labute approximate surface area is 277 Å². The van der Waals surface area contributed by atoms with Gasteiger partial charge in [-0.15, -0.1) is 0 Å². The van der Waals surface area contributed by atoms with Gasteiger partial charge in [0, 0.05) is 63.8 Å². The lowest BCUT2D eigenvalue weighted by Gasteiger charge is -2.39. The number of halogens is 2. The van der Waals surface area contributed by atoms with Gasteiger partial charge in [0.05, 0.1) is 48.3 Å². The number of amides is 1. The summed E-state index contributed by atoms with van der Waals surface area (Å²) in [5.74, 6) is -1.54. The number of rotatable bonds is 5. The maximum Gasteiger partial charge on any atom is 0.408 e. The third kappa shape index (κ3) is 6.44. The minimum Gasteiger partial charge on any atom is -0.492 e. The Balaban J connectivity index is 0.000000200. The van der Waals surface area contributed by atoms with E-state index >= 15 is 4.39 Å². The second-order valence-electron chi connectivity index (χ2n) is 14.6. The van der Waals surface area contributed by atoms with Gasteiger partial charge in [0.2, 0.25) is 5.43 Å². The molecule has 1 aromatic carbocycles. The average molecular weight is 678 g/mol. The van der Waals surface area contributed by atoms with E-state index in [4.69, 9.17) is 24.7 Å². The number of benzene rings is 1. The fraction of sp³-hybridized carbons (Fsp3) is 0.667. The topological polar surface area (TPSA) is 167 Å². The van der Waals surface area contributed by atoms with Crippen molar-refractivity contribution in [3.8, 4) is 5.75 Å². The lowest BCUT2D eigenvalue weighted by atomic mass is 9.84. The summed E-state index contributed by atoms with van der Waals surface area (Å²) in [6, 6.07) is 0.388. The Kier molecular flexibility index (Phi) is 9.11. The summed E-state index contributed by atoms with van der Waals surface area (Å²) < 4.78 is 52.7. The molecule has 5 heterocycles. The summed E-state index contributed by atoms with van der Waals surface area (Å²) in [6.45, 7) is 10.4. The highest BCUT2D eigenvalue weighted by atomic mass is 19.1. The second kappa shape index (κ2) is 12.7. The molecule has 2 aromatic rings. The number of pyridine rings is 1. The highest BCUT2D eigenvalue weighted by Crippen LogP contribution is 2.47. The molecule has 6 atom stereocenters. The van der Waals surface area contributed by atoms with Gasteiger partial charge in [0.25, 0.3) is 0 Å². The lowest BCUT2D eigenvalue weighted by molar-refractivity contribution is -0.00891. The number of carboxylic acid groups (broad SMARTS) is 1. The van der Waals surface area contributed by atoms with E-state index in [2.05, 4.69) is 10.6 Å². The number of carboxylic acids is 1. The highest BCUT2D eigenvalue weighted by Gasteiger charge is 2.49. The number of fused-ring (bicyclic) bond motifs is 3. The van der Waals surface area contributed by atoms with Crippen LogP contribution >= 0.6 is 0 Å². The minimum absolute atomic E-state index is 0.0753. The van der Waals surface area contributed by atoms with Crippen molar-refractivity contribution in [1.82, 2.24) is 15.2 Å². The summed E-state index contributed by atoms with van der Waals surface area (Å²) in [7, 11) is 1.35. The van der Waals surface area contributed by atoms with Crippen LogP contribution in [0.4, 0.5) is 19.3 Å². The van der Waals surface area contributed by atoms with Gasteiger partial charge < -0.3 is 49.9 Å². The zero-order valence-electron chi connectivity index (χ0n) is 27.8. The number of hydrogen-bond donors (Lipinski definition) is 4. The van der Waals surface area contributed by atoms with Gasteiger partial charge in [-0.05, 0) is 39.7 Å². The zero-order chi connectivity index (χ0) is 34.6. The minimum atomic E-state index is -1.45. The predicted octanol–water partition coefficient (Wildman–Crippen LogP) is 2.57. The largest absolute Gasteiger partial charge is 0.492 e. The van der Waals surface area contributed by atoms with Crippen LogP contribution in [0.2, 0.25) is 0 Å². The number of carbonyl (C=O) groups is 2. The monoisotopic (exact) mass is 677 g/mol.